The van der Waals surface area contributed by atoms with E-state index in [-0.39, 0.29) is 11.7 Å². The molecule has 2 N–H and O–H groups in total. The number of phenolic OH excluding ortho intramolecular Hbond substituents is 1. The Hall–Kier alpha value is -0.890. The van der Waals surface area contributed by atoms with Crippen LogP contribution in [0.3, 0.4) is 0 Å². The van der Waals surface area contributed by atoms with Gasteiger partial charge in [-0.05, 0) is 56.1 Å². The summed E-state index contributed by atoms with van der Waals surface area (Å²) in [5, 5.41) is 13.4. The van der Waals surface area contributed by atoms with Gasteiger partial charge in [0.15, 0.2) is 0 Å². The van der Waals surface area contributed by atoms with Gasteiger partial charge in [0.05, 0.1) is 19.5 Å². The summed E-state index contributed by atoms with van der Waals surface area (Å²) in [7, 11) is 0. The predicted molar refractivity (Wildman–Crippen MR) is 87.9 cm³/mol. The van der Waals surface area contributed by atoms with E-state index in [9.17, 15) is 9.90 Å². The van der Waals surface area contributed by atoms with Crippen molar-refractivity contribution in [1.82, 2.24) is 5.43 Å². The molecule has 0 spiro atoms. The molecule has 1 amide bonds. The first-order chi connectivity index (χ1) is 9.47. The van der Waals surface area contributed by atoms with Crippen LogP contribution in [0.25, 0.3) is 0 Å². The molecule has 0 atom stereocenters. The lowest BCUT2D eigenvalue weighted by Gasteiger charge is -2.04. The molecule has 4 nitrogen and oxygen atoms in total. The monoisotopic (exact) mass is 436 g/mol. The van der Waals surface area contributed by atoms with Gasteiger partial charge in [0.25, 0.3) is 5.91 Å². The molecule has 0 unspecified atom stereocenters. The third kappa shape index (κ3) is 3.82. The second-order valence-electron chi connectivity index (χ2n) is 3.63. The Morgan fingerprint density at radius 2 is 2.00 bits per heavy atom. The number of thiophene rings is 1. The minimum Gasteiger partial charge on any atom is -0.506 e. The molecular weight excluding hydrogens is 431 g/mol. The number of aromatic hydroxyl groups is 1. The van der Waals surface area contributed by atoms with E-state index in [0.29, 0.717) is 18.8 Å². The summed E-state index contributed by atoms with van der Waals surface area (Å²) in [5.41, 5.74) is 2.77. The zero-order valence-corrected chi connectivity index (χ0v) is 14.5. The SMILES string of the molecule is O=C(N/N=C\c1ccc(Cl)s1)c1cc(Br)c(O)c(Br)c1. The number of rotatable bonds is 3. The normalized spacial score (nSPS) is 10.9. The zero-order chi connectivity index (χ0) is 14.7. The van der Waals surface area contributed by atoms with E-state index in [1.54, 1.807) is 12.1 Å². The van der Waals surface area contributed by atoms with Gasteiger partial charge in [-0.25, -0.2) is 5.43 Å². The van der Waals surface area contributed by atoms with E-state index < -0.39 is 0 Å². The number of phenols is 1. The second-order valence-corrected chi connectivity index (χ2v) is 7.08. The summed E-state index contributed by atoms with van der Waals surface area (Å²) >= 11 is 13.5. The number of carbonyl (C=O) groups is 1. The summed E-state index contributed by atoms with van der Waals surface area (Å²) in [6.45, 7) is 0. The summed E-state index contributed by atoms with van der Waals surface area (Å²) in [4.78, 5) is 12.7. The highest BCUT2D eigenvalue weighted by Gasteiger charge is 2.11. The smallest absolute Gasteiger partial charge is 0.271 e. The van der Waals surface area contributed by atoms with Crippen LogP contribution in [0, 0.1) is 0 Å². The van der Waals surface area contributed by atoms with Crippen molar-refractivity contribution in [3.63, 3.8) is 0 Å². The molecule has 8 heteroatoms. The second kappa shape index (κ2) is 6.71. The molecule has 0 aliphatic rings. The lowest BCUT2D eigenvalue weighted by Crippen LogP contribution is -2.17. The summed E-state index contributed by atoms with van der Waals surface area (Å²) in [5.74, 6) is -0.344. The highest BCUT2D eigenvalue weighted by molar-refractivity contribution is 9.11. The Morgan fingerprint density at radius 1 is 1.35 bits per heavy atom. The summed E-state index contributed by atoms with van der Waals surface area (Å²) in [6, 6.07) is 6.57. The first kappa shape index (κ1) is 15.5. The fraction of sp³-hybridized carbons (Fsp3) is 0. The predicted octanol–water partition coefficient (Wildman–Crippen LogP) is 4.40. The maximum absolute atomic E-state index is 11.9. The Morgan fingerprint density at radius 3 is 2.55 bits per heavy atom. The number of hydrogen-bond donors (Lipinski definition) is 2. The Labute approximate surface area is 140 Å². The molecule has 2 aromatic rings. The molecule has 0 radical (unpaired) electrons. The lowest BCUT2D eigenvalue weighted by atomic mass is 10.2. The van der Waals surface area contributed by atoms with Gasteiger partial charge in [0.1, 0.15) is 5.75 Å². The Kier molecular flexibility index (Phi) is 5.20. The highest BCUT2D eigenvalue weighted by Crippen LogP contribution is 2.33. The number of halogens is 3. The molecule has 0 aliphatic heterocycles. The van der Waals surface area contributed by atoms with Crippen molar-refractivity contribution >= 4 is 66.9 Å². The average Bonchev–Trinajstić information content (AvgIpc) is 2.81. The van der Waals surface area contributed by atoms with Crippen LogP contribution in [0.15, 0.2) is 38.3 Å². The molecule has 20 heavy (non-hydrogen) atoms. The number of hydrogen-bond acceptors (Lipinski definition) is 4. The highest BCUT2D eigenvalue weighted by atomic mass is 79.9. The third-order valence-corrected chi connectivity index (χ3v) is 4.61. The van der Waals surface area contributed by atoms with E-state index in [2.05, 4.69) is 42.4 Å². The van der Waals surface area contributed by atoms with Crippen LogP contribution in [0.4, 0.5) is 0 Å². The molecule has 1 heterocycles. The van der Waals surface area contributed by atoms with Gasteiger partial charge in [-0.2, -0.15) is 5.10 Å². The van der Waals surface area contributed by atoms with Crippen molar-refractivity contribution in [2.45, 2.75) is 0 Å². The van der Waals surface area contributed by atoms with Crippen LogP contribution >= 0.6 is 54.8 Å². The molecule has 1 aromatic heterocycles. The standard InChI is InChI=1S/C12H7Br2ClN2O2S/c13-8-3-6(4-9(14)11(8)18)12(19)17-16-5-7-1-2-10(15)20-7/h1-5,18H,(H,17,19)/b16-5-. The number of carbonyl (C=O) groups excluding carboxylic acids is 1. The molecule has 0 aliphatic carbocycles. The van der Waals surface area contributed by atoms with E-state index in [1.807, 2.05) is 0 Å². The molecule has 0 saturated carbocycles. The molecule has 1 aromatic carbocycles. The van der Waals surface area contributed by atoms with Crippen LogP contribution in [-0.2, 0) is 0 Å². The quantitative estimate of drug-likeness (QED) is 0.551. The molecule has 0 bridgehead atoms. The van der Waals surface area contributed by atoms with Crippen LogP contribution in [-0.4, -0.2) is 17.2 Å². The minimum atomic E-state index is -0.384. The van der Waals surface area contributed by atoms with Crippen LogP contribution in [0.2, 0.25) is 4.34 Å². The number of nitrogens with one attached hydrogen (secondary N) is 1. The minimum absolute atomic E-state index is 0.0401. The Balaban J connectivity index is 2.07. The van der Waals surface area contributed by atoms with Crippen molar-refractivity contribution in [3.05, 3.63) is 48.0 Å². The van der Waals surface area contributed by atoms with Gasteiger partial charge in [-0.1, -0.05) is 11.6 Å². The molecule has 104 valence electrons. The Bertz CT molecular complexity index is 665. The molecule has 0 fully saturated rings. The fourth-order valence-corrected chi connectivity index (χ4v) is 3.43. The van der Waals surface area contributed by atoms with Crippen molar-refractivity contribution in [2.24, 2.45) is 5.10 Å². The van der Waals surface area contributed by atoms with Crippen LogP contribution in [0.1, 0.15) is 15.2 Å². The molecule has 0 saturated heterocycles. The van der Waals surface area contributed by atoms with Crippen molar-refractivity contribution in [3.8, 4) is 5.75 Å². The van der Waals surface area contributed by atoms with Crippen LogP contribution in [0.5, 0.6) is 5.75 Å². The van der Waals surface area contributed by atoms with Gasteiger partial charge >= 0.3 is 0 Å². The third-order valence-electron chi connectivity index (χ3n) is 2.23. The van der Waals surface area contributed by atoms with E-state index in [0.717, 1.165) is 4.88 Å². The first-order valence-corrected chi connectivity index (χ1v) is 8.02. The van der Waals surface area contributed by atoms with E-state index in [4.69, 9.17) is 11.6 Å². The van der Waals surface area contributed by atoms with Gasteiger partial charge in [0, 0.05) is 10.4 Å². The topological polar surface area (TPSA) is 61.7 Å². The molecular formula is C12H7Br2ClN2O2S. The number of hydrazone groups is 1. The number of amides is 1. The number of nitrogens with zero attached hydrogens (tertiary/aromatic N) is 1. The van der Waals surface area contributed by atoms with Crippen molar-refractivity contribution < 1.29 is 9.90 Å². The van der Waals surface area contributed by atoms with Gasteiger partial charge in [-0.15, -0.1) is 11.3 Å². The summed E-state index contributed by atoms with van der Waals surface area (Å²) in [6.07, 6.45) is 1.51. The largest absolute Gasteiger partial charge is 0.506 e. The zero-order valence-electron chi connectivity index (χ0n) is 9.73. The van der Waals surface area contributed by atoms with Gasteiger partial charge in [-0.3, -0.25) is 4.79 Å². The van der Waals surface area contributed by atoms with Crippen LogP contribution < -0.4 is 5.43 Å². The molecule has 2 rings (SSSR count). The number of benzene rings is 1. The summed E-state index contributed by atoms with van der Waals surface area (Å²) < 4.78 is 1.50. The van der Waals surface area contributed by atoms with E-state index in [1.165, 1.54) is 29.7 Å². The lowest BCUT2D eigenvalue weighted by molar-refractivity contribution is 0.0955. The van der Waals surface area contributed by atoms with E-state index >= 15 is 0 Å². The first-order valence-electron chi connectivity index (χ1n) is 5.24. The van der Waals surface area contributed by atoms with Gasteiger partial charge < -0.3 is 5.11 Å². The maximum atomic E-state index is 11.9. The fourth-order valence-electron chi connectivity index (χ4n) is 1.31. The van der Waals surface area contributed by atoms with Gasteiger partial charge in [0.2, 0.25) is 0 Å². The maximum Gasteiger partial charge on any atom is 0.271 e. The van der Waals surface area contributed by atoms with Crippen molar-refractivity contribution in [1.29, 1.82) is 0 Å². The van der Waals surface area contributed by atoms with Crippen molar-refractivity contribution in [2.75, 3.05) is 0 Å². The average molecular weight is 439 g/mol.